The van der Waals surface area contributed by atoms with Crippen LogP contribution >= 0.6 is 0 Å². The first-order chi connectivity index (χ1) is 14.4. The summed E-state index contributed by atoms with van der Waals surface area (Å²) in [6.07, 6.45) is 1.01. The number of carbonyl (C=O) groups is 3. The lowest BCUT2D eigenvalue weighted by Gasteiger charge is -2.17. The van der Waals surface area contributed by atoms with Crippen molar-refractivity contribution in [2.24, 2.45) is 5.92 Å². The molecule has 1 aliphatic rings. The molecule has 30 heavy (non-hydrogen) atoms. The van der Waals surface area contributed by atoms with E-state index in [9.17, 15) is 14.4 Å². The van der Waals surface area contributed by atoms with Crippen LogP contribution in [0.15, 0.2) is 48.5 Å². The Morgan fingerprint density at radius 2 is 1.77 bits per heavy atom. The molecule has 0 bridgehead atoms. The fourth-order valence-corrected chi connectivity index (χ4v) is 3.43. The Morgan fingerprint density at radius 3 is 2.37 bits per heavy atom. The van der Waals surface area contributed by atoms with Crippen LogP contribution in [0.5, 0.6) is 0 Å². The van der Waals surface area contributed by atoms with Crippen molar-refractivity contribution in [1.82, 2.24) is 0 Å². The number of hydrogen-bond acceptors (Lipinski definition) is 4. The number of benzene rings is 2. The molecule has 2 amide bonds. The molecule has 1 atom stereocenters. The summed E-state index contributed by atoms with van der Waals surface area (Å²) in [6, 6.07) is 15.3. The van der Waals surface area contributed by atoms with E-state index in [0.717, 1.165) is 12.1 Å². The zero-order chi connectivity index (χ0) is 21.7. The van der Waals surface area contributed by atoms with Gasteiger partial charge in [0, 0.05) is 24.3 Å². The van der Waals surface area contributed by atoms with Gasteiger partial charge in [-0.1, -0.05) is 45.0 Å². The van der Waals surface area contributed by atoms with Crippen molar-refractivity contribution in [2.75, 3.05) is 23.4 Å². The molecule has 0 spiro atoms. The van der Waals surface area contributed by atoms with Gasteiger partial charge in [-0.2, -0.15) is 0 Å². The van der Waals surface area contributed by atoms with Gasteiger partial charge in [0.2, 0.25) is 5.91 Å². The van der Waals surface area contributed by atoms with Crippen molar-refractivity contribution in [3.05, 3.63) is 59.7 Å². The number of hydrogen-bond donors (Lipinski definition) is 1. The van der Waals surface area contributed by atoms with E-state index in [1.165, 1.54) is 11.1 Å². The third-order valence-corrected chi connectivity index (χ3v) is 5.32. The zero-order valence-corrected chi connectivity index (χ0v) is 17.7. The second kappa shape index (κ2) is 9.57. The first-order valence-corrected chi connectivity index (χ1v) is 10.3. The molecule has 1 saturated heterocycles. The van der Waals surface area contributed by atoms with Crippen molar-refractivity contribution in [2.45, 2.75) is 39.5 Å². The maximum Gasteiger partial charge on any atom is 0.311 e. The summed E-state index contributed by atoms with van der Waals surface area (Å²) in [6.45, 7) is 6.16. The molecule has 1 heterocycles. The number of amides is 2. The van der Waals surface area contributed by atoms with Crippen LogP contribution in [0, 0.1) is 5.92 Å². The van der Waals surface area contributed by atoms with Gasteiger partial charge in [-0.15, -0.1) is 0 Å². The Hall–Kier alpha value is -3.15. The highest BCUT2D eigenvalue weighted by molar-refractivity contribution is 6.00. The molecule has 0 aliphatic carbocycles. The van der Waals surface area contributed by atoms with E-state index in [1.807, 2.05) is 48.5 Å². The quantitative estimate of drug-likeness (QED) is 0.705. The molecule has 6 heteroatoms. The lowest BCUT2D eigenvalue weighted by atomic mass is 10.0. The highest BCUT2D eigenvalue weighted by atomic mass is 16.5. The number of esters is 1. The number of carbonyl (C=O) groups excluding carboxylic acids is 3. The van der Waals surface area contributed by atoms with E-state index in [4.69, 9.17) is 4.74 Å². The minimum atomic E-state index is -0.568. The molecule has 2 aromatic rings. The van der Waals surface area contributed by atoms with Crippen LogP contribution in [0.2, 0.25) is 0 Å². The summed E-state index contributed by atoms with van der Waals surface area (Å²) in [5.74, 6) is -1.20. The highest BCUT2D eigenvalue weighted by Crippen LogP contribution is 2.26. The lowest BCUT2D eigenvalue weighted by molar-refractivity contribution is -0.151. The van der Waals surface area contributed by atoms with Crippen LogP contribution in [0.1, 0.15) is 44.2 Å². The summed E-state index contributed by atoms with van der Waals surface area (Å²) in [4.78, 5) is 38.4. The molecule has 2 aromatic carbocycles. The molecule has 1 fully saturated rings. The summed E-state index contributed by atoms with van der Waals surface area (Å²) >= 11 is 0. The van der Waals surface area contributed by atoms with Crippen molar-refractivity contribution in [1.29, 1.82) is 0 Å². The van der Waals surface area contributed by atoms with Gasteiger partial charge in [-0.25, -0.2) is 0 Å². The molecule has 158 valence electrons. The zero-order valence-electron chi connectivity index (χ0n) is 17.7. The Kier molecular flexibility index (Phi) is 6.87. The number of nitrogens with zero attached hydrogens (tertiary/aromatic N) is 1. The van der Waals surface area contributed by atoms with Crippen LogP contribution in [0.3, 0.4) is 0 Å². The van der Waals surface area contributed by atoms with Crippen LogP contribution in [0.4, 0.5) is 11.4 Å². The molecular formula is C24H28N2O4. The summed E-state index contributed by atoms with van der Waals surface area (Å²) < 4.78 is 5.16. The Labute approximate surface area is 177 Å². The Bertz CT molecular complexity index is 904. The van der Waals surface area contributed by atoms with Crippen molar-refractivity contribution in [3.8, 4) is 0 Å². The number of aryl methyl sites for hydroxylation is 1. The van der Waals surface area contributed by atoms with E-state index >= 15 is 0 Å². The molecular weight excluding hydrogens is 380 g/mol. The average Bonchev–Trinajstić information content (AvgIpc) is 3.14. The van der Waals surface area contributed by atoms with Gasteiger partial charge in [0.15, 0.2) is 6.61 Å². The minimum Gasteiger partial charge on any atom is -0.455 e. The van der Waals surface area contributed by atoms with Gasteiger partial charge in [0.05, 0.1) is 5.92 Å². The van der Waals surface area contributed by atoms with Gasteiger partial charge in [0.1, 0.15) is 0 Å². The predicted molar refractivity (Wildman–Crippen MR) is 116 cm³/mol. The van der Waals surface area contributed by atoms with Crippen molar-refractivity contribution in [3.63, 3.8) is 0 Å². The minimum absolute atomic E-state index is 0.0899. The van der Waals surface area contributed by atoms with Gasteiger partial charge in [0.25, 0.3) is 5.91 Å². The number of nitrogens with one attached hydrogen (secondary N) is 1. The third-order valence-electron chi connectivity index (χ3n) is 5.32. The van der Waals surface area contributed by atoms with Gasteiger partial charge < -0.3 is 15.0 Å². The lowest BCUT2D eigenvalue weighted by Crippen LogP contribution is -2.28. The van der Waals surface area contributed by atoms with Gasteiger partial charge in [-0.05, 0) is 47.7 Å². The van der Waals surface area contributed by atoms with E-state index in [0.29, 0.717) is 11.6 Å². The molecule has 1 N–H and O–H groups in total. The van der Waals surface area contributed by atoms with E-state index in [-0.39, 0.29) is 25.5 Å². The monoisotopic (exact) mass is 408 g/mol. The topological polar surface area (TPSA) is 75.7 Å². The van der Waals surface area contributed by atoms with Crippen molar-refractivity contribution >= 4 is 29.2 Å². The highest BCUT2D eigenvalue weighted by Gasteiger charge is 2.36. The first-order valence-electron chi connectivity index (χ1n) is 10.3. The number of rotatable bonds is 7. The SMILES string of the molecule is CCc1ccc(N2C[C@@H](C(=O)OCC(=O)Nc3ccc(C(C)C)cc3)CC2=O)cc1. The van der Waals surface area contributed by atoms with E-state index in [1.54, 1.807) is 4.90 Å². The molecule has 0 radical (unpaired) electrons. The summed E-state index contributed by atoms with van der Waals surface area (Å²) in [5.41, 5.74) is 3.79. The summed E-state index contributed by atoms with van der Waals surface area (Å²) in [7, 11) is 0. The van der Waals surface area contributed by atoms with Crippen LogP contribution < -0.4 is 10.2 Å². The smallest absolute Gasteiger partial charge is 0.311 e. The van der Waals surface area contributed by atoms with Gasteiger partial charge in [-0.3, -0.25) is 14.4 Å². The number of anilines is 2. The standard InChI is InChI=1S/C24H28N2O4/c1-4-17-5-11-21(12-6-17)26-14-19(13-23(26)28)24(29)30-15-22(27)25-20-9-7-18(8-10-20)16(2)3/h5-12,16,19H,4,13-15H2,1-3H3,(H,25,27)/t19-/m0/s1. The number of ether oxygens (including phenoxy) is 1. The first kappa shape index (κ1) is 21.6. The molecule has 0 aromatic heterocycles. The molecule has 6 nitrogen and oxygen atoms in total. The largest absolute Gasteiger partial charge is 0.455 e. The molecule has 3 rings (SSSR count). The maximum atomic E-state index is 12.4. The van der Waals surface area contributed by atoms with Crippen LogP contribution in [-0.4, -0.2) is 30.9 Å². The predicted octanol–water partition coefficient (Wildman–Crippen LogP) is 3.91. The Balaban J connectivity index is 1.49. The fraction of sp³-hybridized carbons (Fsp3) is 0.375. The maximum absolute atomic E-state index is 12.4. The molecule has 1 aliphatic heterocycles. The van der Waals surface area contributed by atoms with Gasteiger partial charge >= 0.3 is 5.97 Å². The molecule has 0 unspecified atom stereocenters. The Morgan fingerprint density at radius 1 is 1.10 bits per heavy atom. The van der Waals surface area contributed by atoms with E-state index < -0.39 is 17.8 Å². The summed E-state index contributed by atoms with van der Waals surface area (Å²) in [5, 5.41) is 2.71. The average molecular weight is 408 g/mol. The second-order valence-corrected chi connectivity index (χ2v) is 7.86. The molecule has 0 saturated carbocycles. The van der Waals surface area contributed by atoms with E-state index in [2.05, 4.69) is 26.1 Å². The fourth-order valence-electron chi connectivity index (χ4n) is 3.43. The third kappa shape index (κ3) is 5.26. The van der Waals surface area contributed by atoms with Crippen molar-refractivity contribution < 1.29 is 19.1 Å². The van der Waals surface area contributed by atoms with Crippen LogP contribution in [-0.2, 0) is 25.5 Å². The van der Waals surface area contributed by atoms with Crippen LogP contribution in [0.25, 0.3) is 0 Å². The normalized spacial score (nSPS) is 16.1. The second-order valence-electron chi connectivity index (χ2n) is 7.86.